The summed E-state index contributed by atoms with van der Waals surface area (Å²) in [6.45, 7) is 0.491. The zero-order chi connectivity index (χ0) is 19.4. The molecule has 27 heavy (non-hydrogen) atoms. The monoisotopic (exact) mass is 389 g/mol. The van der Waals surface area contributed by atoms with Crippen LogP contribution < -0.4 is 10.6 Å². The Hall–Kier alpha value is -2.78. The molecule has 0 aromatic heterocycles. The number of carbonyl (C=O) groups is 1. The van der Waals surface area contributed by atoms with Gasteiger partial charge in [-0.3, -0.25) is 14.9 Å². The predicted octanol–water partition coefficient (Wildman–Crippen LogP) is 1.28. The van der Waals surface area contributed by atoms with E-state index in [0.29, 0.717) is 6.54 Å². The highest BCUT2D eigenvalue weighted by Gasteiger charge is 2.38. The van der Waals surface area contributed by atoms with Gasteiger partial charge in [-0.25, -0.2) is 8.42 Å². The first-order valence-corrected chi connectivity index (χ1v) is 10.2. The number of non-ortho nitro benzene ring substituents is 1. The van der Waals surface area contributed by atoms with Crippen LogP contribution in [0.3, 0.4) is 0 Å². The van der Waals surface area contributed by atoms with Crippen LogP contribution in [0.2, 0.25) is 0 Å². The molecule has 1 heterocycles. The van der Waals surface area contributed by atoms with Gasteiger partial charge in [-0.15, -0.1) is 0 Å². The van der Waals surface area contributed by atoms with E-state index in [2.05, 4.69) is 10.6 Å². The first-order valence-electron chi connectivity index (χ1n) is 8.37. The van der Waals surface area contributed by atoms with E-state index in [1.165, 1.54) is 24.3 Å². The lowest BCUT2D eigenvalue weighted by Gasteiger charge is -2.21. The molecule has 0 bridgehead atoms. The Balaban J connectivity index is 1.67. The van der Waals surface area contributed by atoms with Crippen molar-refractivity contribution < 1.29 is 18.1 Å². The molecule has 2 atom stereocenters. The van der Waals surface area contributed by atoms with Crippen LogP contribution in [-0.2, 0) is 16.4 Å². The van der Waals surface area contributed by atoms with Gasteiger partial charge in [0.1, 0.15) is 0 Å². The Morgan fingerprint density at radius 3 is 2.30 bits per heavy atom. The van der Waals surface area contributed by atoms with Crippen LogP contribution in [0.1, 0.15) is 15.9 Å². The maximum absolute atomic E-state index is 12.4. The molecule has 3 rings (SSSR count). The summed E-state index contributed by atoms with van der Waals surface area (Å²) in [5.41, 5.74) is 1.14. The van der Waals surface area contributed by atoms with Crippen molar-refractivity contribution in [1.82, 2.24) is 10.6 Å². The van der Waals surface area contributed by atoms with Gasteiger partial charge in [0.15, 0.2) is 9.84 Å². The number of hydrogen-bond acceptors (Lipinski definition) is 6. The first kappa shape index (κ1) is 19.0. The summed E-state index contributed by atoms with van der Waals surface area (Å²) in [7, 11) is -3.26. The van der Waals surface area contributed by atoms with Crippen molar-refractivity contribution in [2.75, 3.05) is 11.5 Å². The zero-order valence-corrected chi connectivity index (χ0v) is 15.2. The topological polar surface area (TPSA) is 118 Å². The quantitative estimate of drug-likeness (QED) is 0.567. The SMILES string of the molecule is O=C(NC1CS(=O)(=O)CC1NCc1ccccc1)c1ccc([N+](=O)[O-])cc1. The van der Waals surface area contributed by atoms with Crippen LogP contribution in [0.5, 0.6) is 0 Å². The van der Waals surface area contributed by atoms with E-state index < -0.39 is 32.8 Å². The number of rotatable bonds is 6. The minimum absolute atomic E-state index is 0.0506. The van der Waals surface area contributed by atoms with Crippen LogP contribution in [0.4, 0.5) is 5.69 Å². The Bertz CT molecular complexity index is 929. The third-order valence-electron chi connectivity index (χ3n) is 4.42. The standard InChI is InChI=1S/C18H19N3O5S/c22-18(14-6-8-15(9-7-14)21(23)24)20-17-12-27(25,26)11-16(17)19-10-13-4-2-1-3-5-13/h1-9,16-17,19H,10-12H2,(H,20,22). The molecule has 2 aromatic rings. The molecular formula is C18H19N3O5S. The molecule has 2 aromatic carbocycles. The molecule has 1 saturated heterocycles. The van der Waals surface area contributed by atoms with Gasteiger partial charge in [0, 0.05) is 30.3 Å². The Kier molecular flexibility index (Phi) is 5.52. The largest absolute Gasteiger partial charge is 0.347 e. The van der Waals surface area contributed by atoms with Crippen molar-refractivity contribution in [3.63, 3.8) is 0 Å². The van der Waals surface area contributed by atoms with Gasteiger partial charge >= 0.3 is 0 Å². The number of carbonyl (C=O) groups excluding carboxylic acids is 1. The molecule has 1 aliphatic rings. The third kappa shape index (κ3) is 4.89. The smallest absolute Gasteiger partial charge is 0.269 e. The van der Waals surface area contributed by atoms with E-state index >= 15 is 0 Å². The van der Waals surface area contributed by atoms with Crippen LogP contribution in [0, 0.1) is 10.1 Å². The maximum atomic E-state index is 12.4. The summed E-state index contributed by atoms with van der Waals surface area (Å²) < 4.78 is 24.1. The first-order chi connectivity index (χ1) is 12.8. The number of nitrogens with zero attached hydrogens (tertiary/aromatic N) is 1. The highest BCUT2D eigenvalue weighted by atomic mass is 32.2. The summed E-state index contributed by atoms with van der Waals surface area (Å²) in [6.07, 6.45) is 0. The van der Waals surface area contributed by atoms with Gasteiger partial charge in [-0.1, -0.05) is 30.3 Å². The molecule has 142 valence electrons. The molecule has 2 N–H and O–H groups in total. The fourth-order valence-electron chi connectivity index (χ4n) is 3.02. The number of nitrogens with one attached hydrogen (secondary N) is 2. The summed E-state index contributed by atoms with van der Waals surface area (Å²) in [4.78, 5) is 22.6. The lowest BCUT2D eigenvalue weighted by molar-refractivity contribution is -0.384. The molecule has 0 spiro atoms. The number of sulfone groups is 1. The molecular weight excluding hydrogens is 370 g/mol. The van der Waals surface area contributed by atoms with E-state index in [0.717, 1.165) is 5.56 Å². The second-order valence-corrected chi connectivity index (χ2v) is 8.59. The molecule has 0 saturated carbocycles. The number of nitro benzene ring substituents is 1. The molecule has 0 aliphatic carbocycles. The molecule has 1 amide bonds. The minimum atomic E-state index is -3.26. The Morgan fingerprint density at radius 1 is 1.04 bits per heavy atom. The average Bonchev–Trinajstić information content (AvgIpc) is 2.94. The fourth-order valence-corrected chi connectivity index (χ4v) is 4.92. The lowest BCUT2D eigenvalue weighted by atomic mass is 10.1. The van der Waals surface area contributed by atoms with Gasteiger partial charge in [-0.2, -0.15) is 0 Å². The summed E-state index contributed by atoms with van der Waals surface area (Å²) >= 11 is 0. The number of nitro groups is 1. The van der Waals surface area contributed by atoms with Gasteiger partial charge in [0.05, 0.1) is 22.5 Å². The molecule has 8 nitrogen and oxygen atoms in total. The zero-order valence-electron chi connectivity index (χ0n) is 14.4. The van der Waals surface area contributed by atoms with Crippen LogP contribution in [0.15, 0.2) is 54.6 Å². The molecule has 0 radical (unpaired) electrons. The summed E-state index contributed by atoms with van der Waals surface area (Å²) in [6, 6.07) is 13.8. The minimum Gasteiger partial charge on any atom is -0.347 e. The van der Waals surface area contributed by atoms with Crippen LogP contribution in [-0.4, -0.2) is 42.8 Å². The van der Waals surface area contributed by atoms with Crippen LogP contribution >= 0.6 is 0 Å². The van der Waals surface area contributed by atoms with E-state index in [1.807, 2.05) is 30.3 Å². The molecule has 1 fully saturated rings. The highest BCUT2D eigenvalue weighted by molar-refractivity contribution is 7.91. The van der Waals surface area contributed by atoms with Gasteiger partial charge in [-0.05, 0) is 17.7 Å². The number of benzene rings is 2. The lowest BCUT2D eigenvalue weighted by Crippen LogP contribution is -2.49. The van der Waals surface area contributed by atoms with Gasteiger partial charge in [0.2, 0.25) is 0 Å². The van der Waals surface area contributed by atoms with Crippen molar-refractivity contribution in [3.8, 4) is 0 Å². The van der Waals surface area contributed by atoms with Crippen molar-refractivity contribution in [2.45, 2.75) is 18.6 Å². The highest BCUT2D eigenvalue weighted by Crippen LogP contribution is 2.16. The summed E-state index contributed by atoms with van der Waals surface area (Å²) in [5.74, 6) is -0.651. The van der Waals surface area contributed by atoms with Crippen LogP contribution in [0.25, 0.3) is 0 Å². The average molecular weight is 389 g/mol. The third-order valence-corrected chi connectivity index (χ3v) is 6.15. The fraction of sp³-hybridized carbons (Fsp3) is 0.278. The molecule has 2 unspecified atom stereocenters. The second kappa shape index (κ2) is 7.85. The van der Waals surface area contributed by atoms with E-state index in [4.69, 9.17) is 0 Å². The summed E-state index contributed by atoms with van der Waals surface area (Å²) in [5, 5.41) is 16.6. The molecule has 1 aliphatic heterocycles. The maximum Gasteiger partial charge on any atom is 0.269 e. The Morgan fingerprint density at radius 2 is 1.67 bits per heavy atom. The van der Waals surface area contributed by atoms with E-state index in [-0.39, 0.29) is 22.8 Å². The van der Waals surface area contributed by atoms with Crippen molar-refractivity contribution in [2.24, 2.45) is 0 Å². The van der Waals surface area contributed by atoms with Gasteiger partial charge in [0.25, 0.3) is 11.6 Å². The number of amides is 1. The van der Waals surface area contributed by atoms with E-state index in [9.17, 15) is 23.3 Å². The van der Waals surface area contributed by atoms with Crippen molar-refractivity contribution in [1.29, 1.82) is 0 Å². The molecule has 9 heteroatoms. The van der Waals surface area contributed by atoms with Crippen molar-refractivity contribution in [3.05, 3.63) is 75.8 Å². The predicted molar refractivity (Wildman–Crippen MR) is 100 cm³/mol. The Labute approximate surface area is 156 Å². The van der Waals surface area contributed by atoms with Gasteiger partial charge < -0.3 is 10.6 Å². The second-order valence-electron chi connectivity index (χ2n) is 6.43. The van der Waals surface area contributed by atoms with Crippen molar-refractivity contribution >= 4 is 21.4 Å². The van der Waals surface area contributed by atoms with E-state index in [1.54, 1.807) is 0 Å². The normalized spacial score (nSPS) is 20.9. The number of hydrogen-bond donors (Lipinski definition) is 2.